The summed E-state index contributed by atoms with van der Waals surface area (Å²) in [6.07, 6.45) is 13.2. The molecule has 22 heteroatoms. The van der Waals surface area contributed by atoms with E-state index in [1.54, 1.807) is 86.6 Å². The van der Waals surface area contributed by atoms with E-state index in [0.29, 0.717) is 57.9 Å². The van der Waals surface area contributed by atoms with E-state index in [0.717, 1.165) is 100 Å². The molecule has 5 heterocycles. The average Bonchev–Trinajstić information content (AvgIpc) is 1.75. The number of fused-ring (bicyclic) bond motifs is 1. The fourth-order valence-corrected chi connectivity index (χ4v) is 13.1. The van der Waals surface area contributed by atoms with E-state index in [1.807, 2.05) is 36.4 Å². The molecule has 466 valence electrons. The molecule has 3 amide bonds. The lowest BCUT2D eigenvalue weighted by Crippen LogP contribution is -2.46. The predicted molar refractivity (Wildman–Crippen MR) is 340 cm³/mol. The summed E-state index contributed by atoms with van der Waals surface area (Å²) >= 11 is 6.24. The number of benzene rings is 5. The molecular formula is C67H72ClF3N10O7S. The molecule has 17 nitrogen and oxygen atoms in total. The van der Waals surface area contributed by atoms with Crippen LogP contribution in [0.5, 0.6) is 5.75 Å². The van der Waals surface area contributed by atoms with Gasteiger partial charge in [-0.05, 0) is 116 Å². The monoisotopic (exact) mass is 1250 g/mol. The highest BCUT2D eigenvalue weighted by Gasteiger charge is 2.32. The van der Waals surface area contributed by atoms with E-state index in [4.69, 9.17) is 16.3 Å². The molecule has 1 fully saturated rings. The Morgan fingerprint density at radius 3 is 2.30 bits per heavy atom. The van der Waals surface area contributed by atoms with Crippen molar-refractivity contribution < 1.29 is 45.5 Å². The first kappa shape index (κ1) is 63.5. The number of ether oxygens (including phenoxy) is 1. The number of rotatable bonds is 23. The Bertz CT molecular complexity index is 4100. The number of unbranched alkanes of at least 4 members (excludes halogenated alkanes) is 3. The number of aromatic amines is 1. The van der Waals surface area contributed by atoms with Crippen LogP contribution >= 0.6 is 11.6 Å². The standard InChI is InChI=1S/C67H72ClF3N10O7S/c1-42-54(69)23-24-55(70)60(42)61-53(66(84)74-57(41-89(6,86)87)45-14-11-16-47(68)35-45)40-77(4)64(61)65(83)44-19-17-43(18-20-44)13-9-7-8-10-27-78-31-33-79(34-32-78)48-21-22-49(58(36-48)88-5)51-37-50(62(71)63-52(51)38-56(73-63)67(85)76(2)3)46-15-12-28-80(39-46)59(82)25-29-81-30-26-72-75-81/h11,14-24,26,30,35-38,40,57,73H,7-10,12-13,25,27-29,31-34,39,41H2,1-6H3,(H,74,84)/t57-/m0/s1. The fourth-order valence-electron chi connectivity index (χ4n) is 12.0. The number of amides is 3. The summed E-state index contributed by atoms with van der Waals surface area (Å²) in [4.78, 5) is 66.5. The largest absolute Gasteiger partial charge is 0.496 e. The molecule has 2 aliphatic heterocycles. The molecular weight excluding hydrogens is 1180 g/mol. The van der Waals surface area contributed by atoms with Gasteiger partial charge in [0.25, 0.3) is 11.8 Å². The molecule has 2 N–H and O–H groups in total. The number of aromatic nitrogens is 5. The third kappa shape index (κ3) is 14.5. The Morgan fingerprint density at radius 1 is 0.843 bits per heavy atom. The maximum Gasteiger partial charge on any atom is 0.269 e. The number of nitrogens with zero attached hydrogens (tertiary/aromatic N) is 8. The van der Waals surface area contributed by atoms with E-state index in [1.165, 1.54) is 28.7 Å². The van der Waals surface area contributed by atoms with Crippen molar-refractivity contribution in [3.8, 4) is 28.0 Å². The normalized spacial score (nSPS) is 14.2. The number of ketones is 1. The summed E-state index contributed by atoms with van der Waals surface area (Å²) in [7, 11) is 2.80. The van der Waals surface area contributed by atoms with Gasteiger partial charge in [0.15, 0.2) is 5.82 Å². The summed E-state index contributed by atoms with van der Waals surface area (Å²) in [5.74, 6) is -3.63. The first-order chi connectivity index (χ1) is 42.7. The lowest BCUT2D eigenvalue weighted by atomic mass is 9.92. The van der Waals surface area contributed by atoms with Gasteiger partial charge >= 0.3 is 0 Å². The molecule has 0 spiro atoms. The summed E-state index contributed by atoms with van der Waals surface area (Å²) < 4.78 is 82.2. The molecule has 0 bridgehead atoms. The number of sulfone groups is 1. The molecule has 3 aromatic heterocycles. The van der Waals surface area contributed by atoms with Crippen LogP contribution in [0.3, 0.4) is 0 Å². The second-order valence-electron chi connectivity index (χ2n) is 23.2. The Kier molecular flexibility index (Phi) is 19.6. The van der Waals surface area contributed by atoms with Gasteiger partial charge in [-0.2, -0.15) is 0 Å². The van der Waals surface area contributed by atoms with Crippen LogP contribution in [0.25, 0.3) is 38.7 Å². The van der Waals surface area contributed by atoms with Crippen molar-refractivity contribution in [3.63, 3.8) is 0 Å². The first-order valence-electron chi connectivity index (χ1n) is 29.7. The summed E-state index contributed by atoms with van der Waals surface area (Å²) in [5, 5.41) is 11.4. The molecule has 5 aromatic carbocycles. The molecule has 0 saturated carbocycles. The molecule has 0 aliphatic carbocycles. The van der Waals surface area contributed by atoms with Crippen LogP contribution in [0.1, 0.15) is 104 Å². The first-order valence-corrected chi connectivity index (χ1v) is 32.2. The van der Waals surface area contributed by atoms with Gasteiger partial charge in [0.2, 0.25) is 11.7 Å². The highest BCUT2D eigenvalue weighted by molar-refractivity contribution is 7.90. The number of carbonyl (C=O) groups is 4. The molecule has 0 radical (unpaired) electrons. The number of aryl methyl sites for hydroxylation is 3. The van der Waals surface area contributed by atoms with Gasteiger partial charge in [-0.3, -0.25) is 28.8 Å². The van der Waals surface area contributed by atoms with Gasteiger partial charge in [0.1, 0.15) is 32.9 Å². The number of halogens is 4. The maximum absolute atomic E-state index is 16.8. The van der Waals surface area contributed by atoms with E-state index in [2.05, 4.69) is 36.5 Å². The van der Waals surface area contributed by atoms with Crippen molar-refractivity contribution in [3.05, 3.63) is 183 Å². The number of anilines is 1. The number of nitrogens with one attached hydrogen (secondary N) is 2. The van der Waals surface area contributed by atoms with Crippen LogP contribution in [-0.4, -0.2) is 150 Å². The smallest absolute Gasteiger partial charge is 0.269 e. The van der Waals surface area contributed by atoms with Crippen molar-refractivity contribution in [1.82, 2.24) is 44.6 Å². The van der Waals surface area contributed by atoms with E-state index in [-0.39, 0.29) is 69.5 Å². The minimum atomic E-state index is -3.65. The molecule has 10 rings (SSSR count). The highest BCUT2D eigenvalue weighted by Crippen LogP contribution is 2.43. The van der Waals surface area contributed by atoms with Crippen LogP contribution in [0.2, 0.25) is 5.02 Å². The van der Waals surface area contributed by atoms with Gasteiger partial charge in [-0.25, -0.2) is 21.6 Å². The Hall–Kier alpha value is -8.53. The van der Waals surface area contributed by atoms with Crippen molar-refractivity contribution in [2.45, 2.75) is 64.5 Å². The Morgan fingerprint density at radius 2 is 1.60 bits per heavy atom. The van der Waals surface area contributed by atoms with Gasteiger partial charge in [0, 0.05) is 135 Å². The molecule has 1 atom stereocenters. The third-order valence-electron chi connectivity index (χ3n) is 16.7. The minimum Gasteiger partial charge on any atom is -0.496 e. The van der Waals surface area contributed by atoms with Gasteiger partial charge in [0.05, 0.1) is 48.4 Å². The fraction of sp³-hybridized carbons (Fsp3) is 0.343. The zero-order chi connectivity index (χ0) is 63.3. The number of hydrogen-bond acceptors (Lipinski definition) is 11. The highest BCUT2D eigenvalue weighted by atomic mass is 35.5. The number of hydrogen-bond donors (Lipinski definition) is 2. The molecule has 89 heavy (non-hydrogen) atoms. The van der Waals surface area contributed by atoms with Crippen molar-refractivity contribution in [2.24, 2.45) is 7.05 Å². The van der Waals surface area contributed by atoms with Crippen molar-refractivity contribution in [1.29, 1.82) is 0 Å². The van der Waals surface area contributed by atoms with Crippen molar-refractivity contribution >= 4 is 67.1 Å². The van der Waals surface area contributed by atoms with Crippen LogP contribution in [0.4, 0.5) is 18.9 Å². The van der Waals surface area contributed by atoms with Crippen LogP contribution < -0.4 is 15.0 Å². The quantitative estimate of drug-likeness (QED) is 0.0458. The molecule has 0 unspecified atom stereocenters. The second kappa shape index (κ2) is 27.5. The Balaban J connectivity index is 0.748. The van der Waals surface area contributed by atoms with Gasteiger partial charge < -0.3 is 34.3 Å². The minimum absolute atomic E-state index is 0.0460. The number of carbonyl (C=O) groups excluding carboxylic acids is 4. The summed E-state index contributed by atoms with van der Waals surface area (Å²) in [6, 6.07) is 24.0. The average molecular weight is 1250 g/mol. The summed E-state index contributed by atoms with van der Waals surface area (Å²) in [6.45, 7) is 6.83. The maximum atomic E-state index is 16.8. The van der Waals surface area contributed by atoms with Gasteiger partial charge in [-0.15, -0.1) is 5.10 Å². The van der Waals surface area contributed by atoms with E-state index in [9.17, 15) is 27.6 Å². The van der Waals surface area contributed by atoms with Crippen LogP contribution in [0.15, 0.2) is 116 Å². The van der Waals surface area contributed by atoms with Crippen molar-refractivity contribution in [2.75, 3.05) is 83.9 Å². The second-order valence-corrected chi connectivity index (χ2v) is 25.8. The van der Waals surface area contributed by atoms with Gasteiger partial charge in [-0.1, -0.05) is 72.1 Å². The summed E-state index contributed by atoms with van der Waals surface area (Å²) in [5.41, 5.74) is 4.94. The van der Waals surface area contributed by atoms with E-state index >= 15 is 13.2 Å². The molecule has 8 aromatic rings. The van der Waals surface area contributed by atoms with E-state index < -0.39 is 50.8 Å². The topological polar surface area (TPSA) is 188 Å². The van der Waals surface area contributed by atoms with Crippen LogP contribution in [0, 0.1) is 24.4 Å². The third-order valence-corrected chi connectivity index (χ3v) is 17.9. The zero-order valence-electron chi connectivity index (χ0n) is 50.7. The predicted octanol–water partition coefficient (Wildman–Crippen LogP) is 10.9. The molecule has 1 saturated heterocycles. The Labute approximate surface area is 521 Å². The lowest BCUT2D eigenvalue weighted by molar-refractivity contribution is -0.131. The SMILES string of the molecule is COc1cc(N2CCN(CCCCCCc3ccc(C(=O)c4c(-c5c(F)ccc(F)c5C)c(C(=O)N[C@@H](CS(C)(=O)=O)c5cccc(Cl)c5)cn4C)cc3)CC2)ccc1-c1cc(C2=CCCN(C(=O)CCn3ccnn3)C2)c(F)c2[nH]c(C(=O)N(C)C)cc12. The number of methoxy groups -OCH3 is 1. The number of piperazine rings is 1. The number of H-pyrrole nitrogens is 1. The lowest BCUT2D eigenvalue weighted by Gasteiger charge is -2.36. The zero-order valence-corrected chi connectivity index (χ0v) is 52.3. The van der Waals surface area contributed by atoms with Crippen LogP contribution in [-0.2, 0) is 34.6 Å². The molecule has 2 aliphatic rings.